The predicted octanol–water partition coefficient (Wildman–Crippen LogP) is 2.64. The minimum atomic E-state index is -0.0380. The summed E-state index contributed by atoms with van der Waals surface area (Å²) in [7, 11) is 0. The molecule has 0 aliphatic rings. The van der Waals surface area contributed by atoms with Gasteiger partial charge in [-0.3, -0.25) is 0 Å². The first kappa shape index (κ1) is 11.3. The van der Waals surface area contributed by atoms with Gasteiger partial charge < -0.3 is 0 Å². The van der Waals surface area contributed by atoms with Crippen LogP contribution in [0.1, 0.15) is 39.2 Å². The molecule has 0 aromatic carbocycles. The average molecular weight is 239 g/mol. The molecule has 0 bridgehead atoms. The molecule has 2 aromatic rings. The van der Waals surface area contributed by atoms with E-state index in [9.17, 15) is 0 Å². The van der Waals surface area contributed by atoms with E-state index in [0.29, 0.717) is 10.9 Å². The summed E-state index contributed by atoms with van der Waals surface area (Å²) in [6, 6.07) is 1.85. The van der Waals surface area contributed by atoms with E-state index in [1.54, 1.807) is 4.52 Å². The first-order chi connectivity index (χ1) is 7.41. The normalized spacial score (nSPS) is 12.3. The van der Waals surface area contributed by atoms with E-state index in [2.05, 4.69) is 35.8 Å². The summed E-state index contributed by atoms with van der Waals surface area (Å²) < 4.78 is 1.58. The van der Waals surface area contributed by atoms with Crippen LogP contribution in [0.4, 0.5) is 0 Å². The molecule has 0 radical (unpaired) electrons. The minimum absolute atomic E-state index is 0.0380. The summed E-state index contributed by atoms with van der Waals surface area (Å²) in [5, 5.41) is 4.82. The van der Waals surface area contributed by atoms with Gasteiger partial charge in [-0.25, -0.2) is 4.98 Å². The van der Waals surface area contributed by atoms with Crippen molar-refractivity contribution < 1.29 is 0 Å². The largest absolute Gasteiger partial charge is 0.254 e. The first-order valence-electron chi connectivity index (χ1n) is 5.34. The van der Waals surface area contributed by atoms with Crippen LogP contribution < -0.4 is 0 Å². The third-order valence-corrected chi connectivity index (χ3v) is 2.67. The van der Waals surface area contributed by atoms with E-state index in [4.69, 9.17) is 11.6 Å². The van der Waals surface area contributed by atoms with E-state index in [0.717, 1.165) is 17.9 Å². The highest BCUT2D eigenvalue weighted by molar-refractivity contribution is 6.29. The van der Waals surface area contributed by atoms with E-state index in [-0.39, 0.29) is 5.41 Å². The van der Waals surface area contributed by atoms with E-state index in [1.807, 2.05) is 13.0 Å². The zero-order valence-electron chi connectivity index (χ0n) is 9.95. The van der Waals surface area contributed by atoms with Crippen molar-refractivity contribution in [2.45, 2.75) is 39.5 Å². The third-order valence-electron chi connectivity index (χ3n) is 2.40. The van der Waals surface area contributed by atoms with Gasteiger partial charge in [0.15, 0.2) is 5.82 Å². The van der Waals surface area contributed by atoms with Crippen LogP contribution in [0.15, 0.2) is 6.07 Å². The number of halogens is 1. The van der Waals surface area contributed by atoms with Crippen LogP contribution in [-0.2, 0) is 11.8 Å². The minimum Gasteiger partial charge on any atom is -0.215 e. The lowest BCUT2D eigenvalue weighted by Crippen LogP contribution is -2.14. The van der Waals surface area contributed by atoms with E-state index in [1.165, 1.54) is 0 Å². The van der Waals surface area contributed by atoms with Crippen LogP contribution in [0.2, 0.25) is 5.15 Å². The molecule has 5 heteroatoms. The lowest BCUT2D eigenvalue weighted by molar-refractivity contribution is 0.567. The zero-order chi connectivity index (χ0) is 11.9. The summed E-state index contributed by atoms with van der Waals surface area (Å²) in [5.41, 5.74) is 0.893. The standard InChI is InChI=1S/C11H15ClN4/c1-5-9-14-10-13-7(11(2,3)4)6-8(12)16(10)15-9/h6H,5H2,1-4H3. The van der Waals surface area contributed by atoms with Crippen molar-refractivity contribution in [1.29, 1.82) is 0 Å². The maximum Gasteiger partial charge on any atom is 0.254 e. The third kappa shape index (κ3) is 1.89. The second-order valence-corrected chi connectivity index (χ2v) is 5.19. The summed E-state index contributed by atoms with van der Waals surface area (Å²) in [6.07, 6.45) is 0.782. The van der Waals surface area contributed by atoms with E-state index >= 15 is 0 Å². The SMILES string of the molecule is CCc1nc2nc(C(C)(C)C)cc(Cl)n2n1. The van der Waals surface area contributed by atoms with Gasteiger partial charge in [0.1, 0.15) is 5.15 Å². The summed E-state index contributed by atoms with van der Waals surface area (Å²) >= 11 is 6.16. The van der Waals surface area contributed by atoms with Gasteiger partial charge in [-0.2, -0.15) is 9.50 Å². The van der Waals surface area contributed by atoms with Crippen molar-refractivity contribution >= 4 is 17.4 Å². The Morgan fingerprint density at radius 2 is 2.00 bits per heavy atom. The van der Waals surface area contributed by atoms with Gasteiger partial charge >= 0.3 is 0 Å². The zero-order valence-corrected chi connectivity index (χ0v) is 10.7. The van der Waals surface area contributed by atoms with Gasteiger partial charge in [0.25, 0.3) is 5.78 Å². The van der Waals surface area contributed by atoms with Crippen LogP contribution in [0.5, 0.6) is 0 Å². The molecule has 0 aliphatic carbocycles. The second kappa shape index (κ2) is 3.70. The van der Waals surface area contributed by atoms with Gasteiger partial charge in [-0.05, 0) is 6.07 Å². The van der Waals surface area contributed by atoms with Crippen molar-refractivity contribution in [2.75, 3.05) is 0 Å². The Hall–Kier alpha value is -1.16. The second-order valence-electron chi connectivity index (χ2n) is 4.81. The molecule has 0 atom stereocenters. The number of hydrogen-bond acceptors (Lipinski definition) is 3. The van der Waals surface area contributed by atoms with Crippen molar-refractivity contribution in [3.63, 3.8) is 0 Å². The summed E-state index contributed by atoms with van der Waals surface area (Å²) in [6.45, 7) is 8.30. The number of fused-ring (bicyclic) bond motifs is 1. The number of nitrogens with zero attached hydrogens (tertiary/aromatic N) is 4. The Bertz CT molecular complexity index is 524. The Labute approximate surface area is 99.7 Å². The maximum absolute atomic E-state index is 6.16. The molecule has 2 heterocycles. The fourth-order valence-corrected chi connectivity index (χ4v) is 1.63. The van der Waals surface area contributed by atoms with Crippen LogP contribution in [0.3, 0.4) is 0 Å². The number of hydrogen-bond donors (Lipinski definition) is 0. The molecule has 2 aromatic heterocycles. The molecule has 0 N–H and O–H groups in total. The maximum atomic E-state index is 6.16. The van der Waals surface area contributed by atoms with Gasteiger partial charge in [-0.1, -0.05) is 39.3 Å². The predicted molar refractivity (Wildman–Crippen MR) is 63.9 cm³/mol. The topological polar surface area (TPSA) is 43.1 Å². The quantitative estimate of drug-likeness (QED) is 0.718. The molecule has 0 aliphatic heterocycles. The van der Waals surface area contributed by atoms with Crippen LogP contribution in [0, 0.1) is 0 Å². The lowest BCUT2D eigenvalue weighted by Gasteiger charge is -2.17. The van der Waals surface area contributed by atoms with Crippen LogP contribution >= 0.6 is 11.6 Å². The lowest BCUT2D eigenvalue weighted by atomic mass is 9.92. The van der Waals surface area contributed by atoms with Crippen molar-refractivity contribution in [3.8, 4) is 0 Å². The highest BCUT2D eigenvalue weighted by Gasteiger charge is 2.18. The molecule has 16 heavy (non-hydrogen) atoms. The Morgan fingerprint density at radius 3 is 2.56 bits per heavy atom. The van der Waals surface area contributed by atoms with Crippen molar-refractivity contribution in [1.82, 2.24) is 19.6 Å². The highest BCUT2D eigenvalue weighted by atomic mass is 35.5. The fourth-order valence-electron chi connectivity index (χ4n) is 1.41. The molecule has 4 nitrogen and oxygen atoms in total. The summed E-state index contributed by atoms with van der Waals surface area (Å²) in [5.74, 6) is 1.34. The molecule has 0 saturated heterocycles. The molecule has 0 saturated carbocycles. The number of aromatic nitrogens is 4. The molecule has 0 fully saturated rings. The molecule has 86 valence electrons. The average Bonchev–Trinajstić information content (AvgIpc) is 2.59. The number of aryl methyl sites for hydroxylation is 1. The van der Waals surface area contributed by atoms with Crippen molar-refractivity contribution in [2.24, 2.45) is 0 Å². The molecule has 0 amide bonds. The first-order valence-corrected chi connectivity index (χ1v) is 5.72. The molecular formula is C11H15ClN4. The van der Waals surface area contributed by atoms with Crippen LogP contribution in [-0.4, -0.2) is 19.6 Å². The Kier molecular flexibility index (Phi) is 2.62. The van der Waals surface area contributed by atoms with Crippen molar-refractivity contribution in [3.05, 3.63) is 22.7 Å². The van der Waals surface area contributed by atoms with Gasteiger partial charge in [0, 0.05) is 11.8 Å². The Morgan fingerprint density at radius 1 is 1.31 bits per heavy atom. The smallest absolute Gasteiger partial charge is 0.215 e. The fraction of sp³-hybridized carbons (Fsp3) is 0.545. The molecule has 0 unspecified atom stereocenters. The van der Waals surface area contributed by atoms with Crippen LogP contribution in [0.25, 0.3) is 5.78 Å². The van der Waals surface area contributed by atoms with Gasteiger partial charge in [-0.15, -0.1) is 5.10 Å². The van der Waals surface area contributed by atoms with Gasteiger partial charge in [0.2, 0.25) is 0 Å². The molecular weight excluding hydrogens is 224 g/mol. The molecule has 0 spiro atoms. The highest BCUT2D eigenvalue weighted by Crippen LogP contribution is 2.23. The molecule has 2 rings (SSSR count). The van der Waals surface area contributed by atoms with Gasteiger partial charge in [0.05, 0.1) is 5.69 Å². The summed E-state index contributed by atoms with van der Waals surface area (Å²) in [4.78, 5) is 8.80. The Balaban J connectivity index is 2.67. The monoisotopic (exact) mass is 238 g/mol. The van der Waals surface area contributed by atoms with E-state index < -0.39 is 0 Å². The number of rotatable bonds is 1.